The maximum absolute atomic E-state index is 12.3. The van der Waals surface area contributed by atoms with E-state index in [1.165, 1.54) is 0 Å². The number of amides is 1. The quantitative estimate of drug-likeness (QED) is 0.838. The molecule has 0 saturated carbocycles. The van der Waals surface area contributed by atoms with Gasteiger partial charge in [-0.2, -0.15) is 0 Å². The van der Waals surface area contributed by atoms with Gasteiger partial charge in [-0.3, -0.25) is 4.79 Å². The molecule has 1 fully saturated rings. The first-order valence-electron chi connectivity index (χ1n) is 6.75. The van der Waals surface area contributed by atoms with E-state index in [9.17, 15) is 4.79 Å². The van der Waals surface area contributed by atoms with Crippen LogP contribution in [-0.2, 0) is 9.53 Å². The maximum atomic E-state index is 12.3. The SMILES string of the molecule is COCCN1CCCN(c2ncc(C)cc2Br)CC1=O. The Bertz CT molecular complexity index is 481. The summed E-state index contributed by atoms with van der Waals surface area (Å²) < 4.78 is 5.99. The second-order valence-corrected chi connectivity index (χ2v) is 5.82. The van der Waals surface area contributed by atoms with Crippen molar-refractivity contribution >= 4 is 27.7 Å². The zero-order valence-corrected chi connectivity index (χ0v) is 13.5. The van der Waals surface area contributed by atoms with Crippen molar-refractivity contribution in [3.8, 4) is 0 Å². The highest BCUT2D eigenvalue weighted by Crippen LogP contribution is 2.25. The number of nitrogens with zero attached hydrogens (tertiary/aromatic N) is 3. The monoisotopic (exact) mass is 341 g/mol. The van der Waals surface area contributed by atoms with Crippen molar-refractivity contribution < 1.29 is 9.53 Å². The topological polar surface area (TPSA) is 45.7 Å². The summed E-state index contributed by atoms with van der Waals surface area (Å²) in [6.45, 7) is 5.23. The summed E-state index contributed by atoms with van der Waals surface area (Å²) in [4.78, 5) is 20.6. The van der Waals surface area contributed by atoms with Gasteiger partial charge in [-0.25, -0.2) is 4.98 Å². The molecular weight excluding hydrogens is 322 g/mol. The minimum atomic E-state index is 0.133. The van der Waals surface area contributed by atoms with Crippen LogP contribution in [0.1, 0.15) is 12.0 Å². The fraction of sp³-hybridized carbons (Fsp3) is 0.571. The Kier molecular flexibility index (Phi) is 5.37. The number of hydrogen-bond donors (Lipinski definition) is 0. The number of methoxy groups -OCH3 is 1. The van der Waals surface area contributed by atoms with Crippen LogP contribution in [0.4, 0.5) is 5.82 Å². The van der Waals surface area contributed by atoms with Crippen LogP contribution in [0.3, 0.4) is 0 Å². The van der Waals surface area contributed by atoms with Gasteiger partial charge in [0.15, 0.2) is 0 Å². The number of rotatable bonds is 4. The Morgan fingerprint density at radius 1 is 1.45 bits per heavy atom. The zero-order valence-electron chi connectivity index (χ0n) is 11.9. The molecule has 0 bridgehead atoms. The fourth-order valence-corrected chi connectivity index (χ4v) is 3.01. The van der Waals surface area contributed by atoms with Gasteiger partial charge in [0.05, 0.1) is 17.6 Å². The lowest BCUT2D eigenvalue weighted by molar-refractivity contribution is -0.129. The minimum absolute atomic E-state index is 0.133. The summed E-state index contributed by atoms with van der Waals surface area (Å²) in [6, 6.07) is 2.03. The van der Waals surface area contributed by atoms with Crippen molar-refractivity contribution in [3.05, 3.63) is 22.3 Å². The molecule has 2 rings (SSSR count). The fourth-order valence-electron chi connectivity index (χ4n) is 2.30. The molecule has 20 heavy (non-hydrogen) atoms. The van der Waals surface area contributed by atoms with E-state index in [0.717, 1.165) is 35.4 Å². The van der Waals surface area contributed by atoms with Gasteiger partial charge in [0, 0.05) is 32.9 Å². The highest BCUT2D eigenvalue weighted by atomic mass is 79.9. The van der Waals surface area contributed by atoms with Gasteiger partial charge < -0.3 is 14.5 Å². The van der Waals surface area contributed by atoms with Gasteiger partial charge >= 0.3 is 0 Å². The molecule has 0 spiro atoms. The smallest absolute Gasteiger partial charge is 0.242 e. The molecule has 0 aromatic carbocycles. The molecule has 1 amide bonds. The van der Waals surface area contributed by atoms with Crippen LogP contribution < -0.4 is 4.90 Å². The summed E-state index contributed by atoms with van der Waals surface area (Å²) in [6.07, 6.45) is 2.77. The van der Waals surface area contributed by atoms with E-state index in [4.69, 9.17) is 4.74 Å². The first-order chi connectivity index (χ1) is 9.61. The molecule has 1 aliphatic rings. The third kappa shape index (κ3) is 3.70. The average molecular weight is 342 g/mol. The molecule has 1 aromatic rings. The molecule has 0 N–H and O–H groups in total. The van der Waals surface area contributed by atoms with E-state index in [0.29, 0.717) is 19.7 Å². The number of pyridine rings is 1. The van der Waals surface area contributed by atoms with Crippen LogP contribution in [0, 0.1) is 6.92 Å². The summed E-state index contributed by atoms with van der Waals surface area (Å²) in [5, 5.41) is 0. The summed E-state index contributed by atoms with van der Waals surface area (Å²) in [5.74, 6) is 0.978. The first kappa shape index (κ1) is 15.3. The number of ether oxygens (including phenoxy) is 1. The molecule has 5 nitrogen and oxygen atoms in total. The first-order valence-corrected chi connectivity index (χ1v) is 7.55. The molecule has 1 saturated heterocycles. The van der Waals surface area contributed by atoms with Crippen molar-refractivity contribution in [2.24, 2.45) is 0 Å². The van der Waals surface area contributed by atoms with Crippen LogP contribution in [-0.4, -0.2) is 55.7 Å². The Hall–Kier alpha value is -1.14. The van der Waals surface area contributed by atoms with Gasteiger partial charge in [-0.05, 0) is 40.9 Å². The summed E-state index contributed by atoms with van der Waals surface area (Å²) in [7, 11) is 1.65. The van der Waals surface area contributed by atoms with E-state index in [1.54, 1.807) is 7.11 Å². The van der Waals surface area contributed by atoms with Crippen molar-refractivity contribution in [3.63, 3.8) is 0 Å². The number of halogens is 1. The lowest BCUT2D eigenvalue weighted by Gasteiger charge is -2.23. The molecular formula is C14H20BrN3O2. The third-order valence-electron chi connectivity index (χ3n) is 3.36. The third-order valence-corrected chi connectivity index (χ3v) is 3.94. The van der Waals surface area contributed by atoms with Crippen LogP contribution in [0.15, 0.2) is 16.7 Å². The molecule has 0 radical (unpaired) electrons. The second kappa shape index (κ2) is 7.04. The van der Waals surface area contributed by atoms with Crippen LogP contribution in [0.2, 0.25) is 0 Å². The molecule has 2 heterocycles. The van der Waals surface area contributed by atoms with Crippen LogP contribution in [0.5, 0.6) is 0 Å². The Morgan fingerprint density at radius 3 is 2.95 bits per heavy atom. The molecule has 1 aliphatic heterocycles. The number of anilines is 1. The minimum Gasteiger partial charge on any atom is -0.383 e. The normalized spacial score (nSPS) is 16.4. The number of aromatic nitrogens is 1. The zero-order chi connectivity index (χ0) is 14.5. The predicted octanol–water partition coefficient (Wildman–Crippen LogP) is 1.84. The predicted molar refractivity (Wildman–Crippen MR) is 82.0 cm³/mol. The van der Waals surface area contributed by atoms with Gasteiger partial charge in [-0.1, -0.05) is 0 Å². The van der Waals surface area contributed by atoms with Crippen molar-refractivity contribution in [1.29, 1.82) is 0 Å². The van der Waals surface area contributed by atoms with Crippen LogP contribution in [0.25, 0.3) is 0 Å². The van der Waals surface area contributed by atoms with Crippen molar-refractivity contribution in [2.45, 2.75) is 13.3 Å². The van der Waals surface area contributed by atoms with Gasteiger partial charge in [0.2, 0.25) is 5.91 Å². The Balaban J connectivity index is 2.09. The highest BCUT2D eigenvalue weighted by molar-refractivity contribution is 9.10. The van der Waals surface area contributed by atoms with E-state index in [2.05, 4.69) is 20.9 Å². The van der Waals surface area contributed by atoms with E-state index < -0.39 is 0 Å². The second-order valence-electron chi connectivity index (χ2n) is 4.97. The van der Waals surface area contributed by atoms with Crippen molar-refractivity contribution in [1.82, 2.24) is 9.88 Å². The summed E-state index contributed by atoms with van der Waals surface area (Å²) in [5.41, 5.74) is 1.10. The van der Waals surface area contributed by atoms with E-state index >= 15 is 0 Å². The average Bonchev–Trinajstić information content (AvgIpc) is 2.58. The number of carbonyl (C=O) groups excluding carboxylic acids is 1. The lowest BCUT2D eigenvalue weighted by Crippen LogP contribution is -2.38. The molecule has 0 aliphatic carbocycles. The molecule has 6 heteroatoms. The standard InChI is InChI=1S/C14H20BrN3O2/c1-11-8-12(15)14(16-9-11)18-5-3-4-17(6-7-20-2)13(19)10-18/h8-9H,3-7,10H2,1-2H3. The lowest BCUT2D eigenvalue weighted by atomic mass is 10.3. The van der Waals surface area contributed by atoms with Gasteiger partial charge in [0.25, 0.3) is 0 Å². The summed E-state index contributed by atoms with van der Waals surface area (Å²) >= 11 is 3.54. The number of hydrogen-bond acceptors (Lipinski definition) is 4. The van der Waals surface area contributed by atoms with E-state index in [-0.39, 0.29) is 5.91 Å². The van der Waals surface area contributed by atoms with Crippen LogP contribution >= 0.6 is 15.9 Å². The molecule has 0 atom stereocenters. The van der Waals surface area contributed by atoms with E-state index in [1.807, 2.05) is 29.0 Å². The molecule has 110 valence electrons. The van der Waals surface area contributed by atoms with Crippen molar-refractivity contribution in [2.75, 3.05) is 44.8 Å². The highest BCUT2D eigenvalue weighted by Gasteiger charge is 2.23. The number of aryl methyl sites for hydroxylation is 1. The maximum Gasteiger partial charge on any atom is 0.242 e. The Labute approximate surface area is 128 Å². The Morgan fingerprint density at radius 2 is 2.25 bits per heavy atom. The van der Waals surface area contributed by atoms with Gasteiger partial charge in [0.1, 0.15) is 5.82 Å². The number of carbonyl (C=O) groups is 1. The van der Waals surface area contributed by atoms with Gasteiger partial charge in [-0.15, -0.1) is 0 Å². The largest absolute Gasteiger partial charge is 0.383 e. The molecule has 0 unspecified atom stereocenters. The molecule has 1 aromatic heterocycles.